The molecule has 0 radical (unpaired) electrons. The molecule has 4 rings (SSSR count). The number of benzene rings is 3. The van der Waals surface area contributed by atoms with Crippen molar-refractivity contribution >= 4 is 17.4 Å². The molecule has 1 heterocycles. The maximum absolute atomic E-state index is 13.2. The largest absolute Gasteiger partial charge is 0.507 e. The fraction of sp³-hybridized carbons (Fsp3) is 0.267. The summed E-state index contributed by atoms with van der Waals surface area (Å²) < 4.78 is 16.5. The lowest BCUT2D eigenvalue weighted by Gasteiger charge is -2.25. The number of methoxy groups -OCH3 is 2. The smallest absolute Gasteiger partial charge is 0.295 e. The van der Waals surface area contributed by atoms with Gasteiger partial charge >= 0.3 is 0 Å². The molecule has 0 bridgehead atoms. The average molecular weight is 502 g/mol. The van der Waals surface area contributed by atoms with Crippen molar-refractivity contribution in [2.24, 2.45) is 0 Å². The van der Waals surface area contributed by atoms with Gasteiger partial charge < -0.3 is 24.2 Å². The van der Waals surface area contributed by atoms with E-state index in [9.17, 15) is 14.7 Å². The number of aliphatic hydroxyl groups is 1. The minimum absolute atomic E-state index is 0.0290. The Labute approximate surface area is 216 Å². The first-order valence-corrected chi connectivity index (χ1v) is 12.0. The van der Waals surface area contributed by atoms with Crippen LogP contribution in [0.3, 0.4) is 0 Å². The maximum Gasteiger partial charge on any atom is 0.295 e. The number of amides is 1. The first-order chi connectivity index (χ1) is 17.8. The number of aryl methyl sites for hydroxylation is 2. The number of hydrogen-bond donors (Lipinski definition) is 1. The first kappa shape index (κ1) is 26.0. The van der Waals surface area contributed by atoms with Crippen molar-refractivity contribution in [3.8, 4) is 11.5 Å². The minimum atomic E-state index is -0.791. The van der Waals surface area contributed by atoms with E-state index < -0.39 is 17.7 Å². The molecule has 1 amide bonds. The normalized spacial score (nSPS) is 16.8. The van der Waals surface area contributed by atoms with Crippen LogP contribution < -0.4 is 9.47 Å². The Kier molecular flexibility index (Phi) is 7.94. The molecule has 0 spiro atoms. The first-order valence-electron chi connectivity index (χ1n) is 12.0. The summed E-state index contributed by atoms with van der Waals surface area (Å²) in [4.78, 5) is 27.7. The molecule has 7 heteroatoms. The number of carbonyl (C=O) groups excluding carboxylic acids is 2. The van der Waals surface area contributed by atoms with Crippen molar-refractivity contribution in [3.05, 3.63) is 100 Å². The van der Waals surface area contributed by atoms with Gasteiger partial charge in [-0.15, -0.1) is 0 Å². The van der Waals surface area contributed by atoms with Crippen LogP contribution in [-0.2, 0) is 20.9 Å². The number of hydrogen-bond acceptors (Lipinski definition) is 6. The van der Waals surface area contributed by atoms with Crippen LogP contribution in [0, 0.1) is 13.8 Å². The second kappa shape index (κ2) is 11.3. The molecule has 7 nitrogen and oxygen atoms in total. The van der Waals surface area contributed by atoms with E-state index in [1.165, 1.54) is 17.6 Å². The highest BCUT2D eigenvalue weighted by molar-refractivity contribution is 6.46. The summed E-state index contributed by atoms with van der Waals surface area (Å²) in [5.74, 6) is -0.402. The zero-order valence-electron chi connectivity index (χ0n) is 21.5. The quantitative estimate of drug-likeness (QED) is 0.253. The molecule has 1 N–H and O–H groups in total. The van der Waals surface area contributed by atoms with Crippen LogP contribution >= 0.6 is 0 Å². The van der Waals surface area contributed by atoms with Crippen LogP contribution in [0.15, 0.2) is 72.3 Å². The summed E-state index contributed by atoms with van der Waals surface area (Å²) >= 11 is 0. The van der Waals surface area contributed by atoms with Crippen molar-refractivity contribution in [3.63, 3.8) is 0 Å². The van der Waals surface area contributed by atoms with E-state index in [1.54, 1.807) is 31.4 Å². The van der Waals surface area contributed by atoms with Gasteiger partial charge in [0, 0.05) is 19.2 Å². The van der Waals surface area contributed by atoms with Crippen LogP contribution in [0.25, 0.3) is 5.76 Å². The third-order valence-corrected chi connectivity index (χ3v) is 6.44. The Balaban J connectivity index is 1.73. The predicted molar refractivity (Wildman–Crippen MR) is 141 cm³/mol. The van der Waals surface area contributed by atoms with Crippen LogP contribution in [0.2, 0.25) is 0 Å². The van der Waals surface area contributed by atoms with Gasteiger partial charge in [0.25, 0.3) is 11.7 Å². The minimum Gasteiger partial charge on any atom is -0.507 e. The lowest BCUT2D eigenvalue weighted by atomic mass is 9.94. The summed E-state index contributed by atoms with van der Waals surface area (Å²) in [6, 6.07) is 19.7. The molecule has 192 valence electrons. The Bertz CT molecular complexity index is 1330. The maximum atomic E-state index is 13.2. The third kappa shape index (κ3) is 5.52. The number of nitrogens with zero attached hydrogens (tertiary/aromatic N) is 1. The zero-order valence-corrected chi connectivity index (χ0v) is 21.5. The highest BCUT2D eigenvalue weighted by Crippen LogP contribution is 2.40. The van der Waals surface area contributed by atoms with Gasteiger partial charge in [-0.2, -0.15) is 0 Å². The van der Waals surface area contributed by atoms with E-state index in [0.717, 1.165) is 11.1 Å². The molecule has 1 atom stereocenters. The number of Topliss-reactive ketones (excluding diaryl/α,β-unsaturated/α-hetero) is 1. The molecule has 1 fully saturated rings. The molecule has 0 saturated carbocycles. The van der Waals surface area contributed by atoms with Crippen molar-refractivity contribution in [1.29, 1.82) is 0 Å². The van der Waals surface area contributed by atoms with Crippen LogP contribution in [0.5, 0.6) is 11.5 Å². The van der Waals surface area contributed by atoms with E-state index >= 15 is 0 Å². The van der Waals surface area contributed by atoms with Gasteiger partial charge in [-0.25, -0.2) is 0 Å². The summed E-state index contributed by atoms with van der Waals surface area (Å²) in [6.45, 7) is 4.69. The standard InChI is InChI=1S/C30H31NO6/c1-19-8-10-21(11-9-19)18-37-24-7-5-6-22(17-24)27-26(29(33)30(34)31(27)14-15-35-3)28(32)23-12-13-25(36-4)20(2)16-23/h5-13,16-17,27,32H,14-15,18H2,1-4H3/b28-26+. The average Bonchev–Trinajstić information content (AvgIpc) is 3.16. The summed E-state index contributed by atoms with van der Waals surface area (Å²) in [5.41, 5.74) is 4.11. The van der Waals surface area contributed by atoms with Crippen LogP contribution in [-0.4, -0.2) is 49.1 Å². The highest BCUT2D eigenvalue weighted by atomic mass is 16.5. The topological polar surface area (TPSA) is 85.3 Å². The van der Waals surface area contributed by atoms with E-state index in [2.05, 4.69) is 0 Å². The number of aliphatic hydroxyl groups excluding tert-OH is 1. The SMILES string of the molecule is COCCN1C(=O)C(=O)/C(=C(/O)c2ccc(OC)c(C)c2)C1c1cccc(OCc2ccc(C)cc2)c1. The van der Waals surface area contributed by atoms with Crippen molar-refractivity contribution in [1.82, 2.24) is 4.90 Å². The van der Waals surface area contributed by atoms with Crippen molar-refractivity contribution in [2.45, 2.75) is 26.5 Å². The van der Waals surface area contributed by atoms with Crippen LogP contribution in [0.4, 0.5) is 0 Å². The van der Waals surface area contributed by atoms with E-state index in [4.69, 9.17) is 14.2 Å². The molecule has 3 aromatic rings. The number of ketones is 1. The highest BCUT2D eigenvalue weighted by Gasteiger charge is 2.46. The fourth-order valence-corrected chi connectivity index (χ4v) is 4.45. The molecule has 1 unspecified atom stereocenters. The summed E-state index contributed by atoms with van der Waals surface area (Å²) in [6.07, 6.45) is 0. The fourth-order valence-electron chi connectivity index (χ4n) is 4.45. The van der Waals surface area contributed by atoms with E-state index in [1.807, 2.05) is 56.3 Å². The Morgan fingerprint density at radius 1 is 0.973 bits per heavy atom. The number of carbonyl (C=O) groups is 2. The van der Waals surface area contributed by atoms with Gasteiger partial charge in [-0.05, 0) is 60.9 Å². The summed E-state index contributed by atoms with van der Waals surface area (Å²) in [7, 11) is 3.10. The second-order valence-electron chi connectivity index (χ2n) is 9.02. The Hall–Kier alpha value is -4.10. The molecule has 3 aromatic carbocycles. The summed E-state index contributed by atoms with van der Waals surface area (Å²) in [5, 5.41) is 11.3. The van der Waals surface area contributed by atoms with Gasteiger partial charge in [0.05, 0.1) is 25.3 Å². The molecule has 1 aliphatic rings. The van der Waals surface area contributed by atoms with Crippen LogP contribution in [0.1, 0.15) is 33.9 Å². The molecular formula is C30H31NO6. The van der Waals surface area contributed by atoms with E-state index in [-0.39, 0.29) is 24.5 Å². The lowest BCUT2D eigenvalue weighted by Crippen LogP contribution is -2.32. The van der Waals surface area contributed by atoms with Gasteiger partial charge in [0.2, 0.25) is 0 Å². The second-order valence-corrected chi connectivity index (χ2v) is 9.02. The number of ether oxygens (including phenoxy) is 3. The molecule has 37 heavy (non-hydrogen) atoms. The molecule has 0 aromatic heterocycles. The zero-order chi connectivity index (χ0) is 26.5. The van der Waals surface area contributed by atoms with Crippen molar-refractivity contribution in [2.75, 3.05) is 27.4 Å². The molecule has 1 saturated heterocycles. The van der Waals surface area contributed by atoms with Gasteiger partial charge in [-0.3, -0.25) is 9.59 Å². The molecule has 1 aliphatic heterocycles. The number of likely N-dealkylation sites (tertiary alicyclic amines) is 1. The lowest BCUT2D eigenvalue weighted by molar-refractivity contribution is -0.140. The Morgan fingerprint density at radius 3 is 2.41 bits per heavy atom. The Morgan fingerprint density at radius 2 is 1.73 bits per heavy atom. The van der Waals surface area contributed by atoms with Gasteiger partial charge in [0.15, 0.2) is 0 Å². The molecular weight excluding hydrogens is 470 g/mol. The van der Waals surface area contributed by atoms with E-state index in [0.29, 0.717) is 29.2 Å². The third-order valence-electron chi connectivity index (χ3n) is 6.44. The predicted octanol–water partition coefficient (Wildman–Crippen LogP) is 4.96. The van der Waals surface area contributed by atoms with Crippen molar-refractivity contribution < 1.29 is 28.9 Å². The monoisotopic (exact) mass is 501 g/mol. The van der Waals surface area contributed by atoms with Gasteiger partial charge in [-0.1, -0.05) is 42.0 Å². The number of rotatable bonds is 9. The molecule has 0 aliphatic carbocycles. The van der Waals surface area contributed by atoms with Gasteiger partial charge in [0.1, 0.15) is 23.9 Å².